The second-order valence-corrected chi connectivity index (χ2v) is 3.90. The highest BCUT2D eigenvalue weighted by molar-refractivity contribution is 5.74. The van der Waals surface area contributed by atoms with Gasteiger partial charge in [0.1, 0.15) is 6.54 Å². The van der Waals surface area contributed by atoms with E-state index < -0.39 is 0 Å². The number of rotatable bonds is 4. The van der Waals surface area contributed by atoms with Gasteiger partial charge in [0.2, 0.25) is 5.95 Å². The third kappa shape index (κ3) is 3.18. The monoisotopic (exact) mass is 223 g/mol. The van der Waals surface area contributed by atoms with Crippen LogP contribution in [0, 0.1) is 0 Å². The van der Waals surface area contributed by atoms with Gasteiger partial charge in [-0.3, -0.25) is 4.79 Å². The molecule has 0 atom stereocenters. The minimum atomic E-state index is -0.306. The lowest BCUT2D eigenvalue weighted by atomic mass is 10.1. The van der Waals surface area contributed by atoms with Crippen LogP contribution < -0.4 is 4.90 Å². The maximum atomic E-state index is 11.1. The predicted molar refractivity (Wildman–Crippen MR) is 61.4 cm³/mol. The van der Waals surface area contributed by atoms with Crippen molar-refractivity contribution in [1.82, 2.24) is 9.97 Å². The minimum Gasteiger partial charge on any atom is -0.468 e. The zero-order valence-corrected chi connectivity index (χ0v) is 10.1. The highest BCUT2D eigenvalue weighted by Crippen LogP contribution is 2.13. The number of hydrogen-bond donors (Lipinski definition) is 0. The summed E-state index contributed by atoms with van der Waals surface area (Å²) in [5, 5.41) is 0. The Morgan fingerprint density at radius 1 is 1.44 bits per heavy atom. The van der Waals surface area contributed by atoms with E-state index in [-0.39, 0.29) is 12.5 Å². The summed E-state index contributed by atoms with van der Waals surface area (Å²) in [6.45, 7) is 4.31. The first-order chi connectivity index (χ1) is 7.54. The summed E-state index contributed by atoms with van der Waals surface area (Å²) < 4.78 is 4.57. The van der Waals surface area contributed by atoms with Crippen LogP contribution in [-0.2, 0) is 9.53 Å². The van der Waals surface area contributed by atoms with Crippen molar-refractivity contribution in [1.29, 1.82) is 0 Å². The van der Waals surface area contributed by atoms with E-state index in [1.165, 1.54) is 7.11 Å². The molecule has 0 unspecified atom stereocenters. The summed E-state index contributed by atoms with van der Waals surface area (Å²) >= 11 is 0. The lowest BCUT2D eigenvalue weighted by Gasteiger charge is -2.15. The van der Waals surface area contributed by atoms with Gasteiger partial charge in [-0.1, -0.05) is 13.8 Å². The molecule has 0 amide bonds. The third-order valence-electron chi connectivity index (χ3n) is 2.26. The molecule has 5 heteroatoms. The topological polar surface area (TPSA) is 55.3 Å². The first-order valence-corrected chi connectivity index (χ1v) is 5.14. The minimum absolute atomic E-state index is 0.150. The Bertz CT molecular complexity index is 349. The molecule has 16 heavy (non-hydrogen) atoms. The maximum absolute atomic E-state index is 11.1. The molecule has 0 fully saturated rings. The van der Waals surface area contributed by atoms with Gasteiger partial charge in [0.15, 0.2) is 0 Å². The molecule has 5 nitrogen and oxygen atoms in total. The van der Waals surface area contributed by atoms with E-state index in [4.69, 9.17) is 0 Å². The van der Waals surface area contributed by atoms with Crippen molar-refractivity contribution in [3.63, 3.8) is 0 Å². The first-order valence-electron chi connectivity index (χ1n) is 5.14. The zero-order valence-electron chi connectivity index (χ0n) is 10.1. The Hall–Kier alpha value is -1.65. The van der Waals surface area contributed by atoms with Crippen LogP contribution in [0.25, 0.3) is 0 Å². The Morgan fingerprint density at radius 3 is 2.44 bits per heavy atom. The highest BCUT2D eigenvalue weighted by atomic mass is 16.5. The van der Waals surface area contributed by atoms with Gasteiger partial charge in [-0.25, -0.2) is 9.97 Å². The van der Waals surface area contributed by atoms with E-state index in [1.807, 2.05) is 0 Å². The second-order valence-electron chi connectivity index (χ2n) is 3.90. The largest absolute Gasteiger partial charge is 0.468 e. The Balaban J connectivity index is 2.70. The molecule has 1 rings (SSSR count). The summed E-state index contributed by atoms with van der Waals surface area (Å²) in [5.41, 5.74) is 1.08. The standard InChI is InChI=1S/C11H17N3O2/c1-8(2)9-5-12-11(13-6-9)14(3)7-10(15)16-4/h5-6,8H,7H2,1-4H3. The number of hydrogen-bond acceptors (Lipinski definition) is 5. The van der Waals surface area contributed by atoms with Crippen molar-refractivity contribution in [2.24, 2.45) is 0 Å². The van der Waals surface area contributed by atoms with Crippen LogP contribution in [0.4, 0.5) is 5.95 Å². The van der Waals surface area contributed by atoms with Gasteiger partial charge >= 0.3 is 5.97 Å². The zero-order chi connectivity index (χ0) is 12.1. The van der Waals surface area contributed by atoms with Crippen LogP contribution >= 0.6 is 0 Å². The molecule has 0 aliphatic rings. The number of methoxy groups -OCH3 is 1. The average molecular weight is 223 g/mol. The van der Waals surface area contributed by atoms with Crippen LogP contribution in [0.1, 0.15) is 25.3 Å². The third-order valence-corrected chi connectivity index (χ3v) is 2.26. The molecule has 0 saturated heterocycles. The molecule has 0 aromatic carbocycles. The number of carbonyl (C=O) groups excluding carboxylic acids is 1. The van der Waals surface area contributed by atoms with Crippen LogP contribution in [0.5, 0.6) is 0 Å². The molecule has 0 N–H and O–H groups in total. The van der Waals surface area contributed by atoms with E-state index in [9.17, 15) is 4.79 Å². The number of nitrogens with zero attached hydrogens (tertiary/aromatic N) is 3. The average Bonchev–Trinajstić information content (AvgIpc) is 2.28. The predicted octanol–water partition coefficient (Wildman–Crippen LogP) is 1.21. The lowest BCUT2D eigenvalue weighted by molar-refractivity contribution is -0.138. The molecule has 88 valence electrons. The normalized spacial score (nSPS) is 10.3. The molecular formula is C11H17N3O2. The van der Waals surface area contributed by atoms with Crippen LogP contribution in [0.3, 0.4) is 0 Å². The number of ether oxygens (including phenoxy) is 1. The number of aromatic nitrogens is 2. The number of esters is 1. The van der Waals surface area contributed by atoms with Crippen LogP contribution in [0.2, 0.25) is 0 Å². The second kappa shape index (κ2) is 5.44. The van der Waals surface area contributed by atoms with Crippen molar-refractivity contribution in [2.45, 2.75) is 19.8 Å². The van der Waals surface area contributed by atoms with E-state index in [1.54, 1.807) is 24.3 Å². The molecular weight excluding hydrogens is 206 g/mol. The summed E-state index contributed by atoms with van der Waals surface area (Å²) in [5.74, 6) is 0.619. The van der Waals surface area contributed by atoms with Gasteiger partial charge < -0.3 is 9.64 Å². The summed E-state index contributed by atoms with van der Waals surface area (Å²) in [7, 11) is 3.11. The number of anilines is 1. The lowest BCUT2D eigenvalue weighted by Crippen LogP contribution is -2.27. The Morgan fingerprint density at radius 2 is 2.00 bits per heavy atom. The van der Waals surface area contributed by atoms with Gasteiger partial charge in [0, 0.05) is 19.4 Å². The molecule has 0 bridgehead atoms. The summed E-state index contributed by atoms with van der Waals surface area (Å²) in [6.07, 6.45) is 3.56. The van der Waals surface area contributed by atoms with Crippen LogP contribution in [0.15, 0.2) is 12.4 Å². The van der Waals surface area contributed by atoms with Crippen molar-refractivity contribution < 1.29 is 9.53 Å². The van der Waals surface area contributed by atoms with E-state index in [0.29, 0.717) is 11.9 Å². The van der Waals surface area contributed by atoms with Gasteiger partial charge in [0.05, 0.1) is 7.11 Å². The molecule has 0 saturated carbocycles. The van der Waals surface area contributed by atoms with Gasteiger partial charge in [0.25, 0.3) is 0 Å². The van der Waals surface area contributed by atoms with Crippen molar-refractivity contribution >= 4 is 11.9 Å². The van der Waals surface area contributed by atoms with E-state index >= 15 is 0 Å². The van der Waals surface area contributed by atoms with Gasteiger partial charge in [-0.05, 0) is 11.5 Å². The molecule has 1 aromatic heterocycles. The highest BCUT2D eigenvalue weighted by Gasteiger charge is 2.10. The number of likely N-dealkylation sites (N-methyl/N-ethyl adjacent to an activating group) is 1. The molecule has 1 heterocycles. The summed E-state index contributed by atoms with van der Waals surface area (Å²) in [6, 6.07) is 0. The fourth-order valence-corrected chi connectivity index (χ4v) is 1.16. The fraction of sp³-hybridized carbons (Fsp3) is 0.545. The first kappa shape index (κ1) is 12.4. The molecule has 0 aliphatic carbocycles. The quantitative estimate of drug-likeness (QED) is 0.718. The van der Waals surface area contributed by atoms with Gasteiger partial charge in [-0.15, -0.1) is 0 Å². The Labute approximate surface area is 95.5 Å². The maximum Gasteiger partial charge on any atom is 0.325 e. The fourth-order valence-electron chi connectivity index (χ4n) is 1.16. The molecule has 0 aliphatic heterocycles. The molecule has 1 aromatic rings. The summed E-state index contributed by atoms with van der Waals surface area (Å²) in [4.78, 5) is 21.1. The SMILES string of the molecule is COC(=O)CN(C)c1ncc(C(C)C)cn1. The van der Waals surface area contributed by atoms with Crippen molar-refractivity contribution in [3.05, 3.63) is 18.0 Å². The van der Waals surface area contributed by atoms with Gasteiger partial charge in [-0.2, -0.15) is 0 Å². The van der Waals surface area contributed by atoms with Crippen molar-refractivity contribution in [2.75, 3.05) is 25.6 Å². The molecule has 0 radical (unpaired) electrons. The van der Waals surface area contributed by atoms with Crippen molar-refractivity contribution in [3.8, 4) is 0 Å². The number of carbonyl (C=O) groups is 1. The molecule has 0 spiro atoms. The van der Waals surface area contributed by atoms with E-state index in [0.717, 1.165) is 5.56 Å². The van der Waals surface area contributed by atoms with E-state index in [2.05, 4.69) is 28.6 Å². The smallest absolute Gasteiger partial charge is 0.325 e. The Kier molecular flexibility index (Phi) is 4.22. The van der Waals surface area contributed by atoms with Crippen LogP contribution in [-0.4, -0.2) is 36.6 Å².